The van der Waals surface area contributed by atoms with Crippen molar-refractivity contribution in [2.24, 2.45) is 10.9 Å². The van der Waals surface area contributed by atoms with Gasteiger partial charge in [-0.3, -0.25) is 33.6 Å². The summed E-state index contributed by atoms with van der Waals surface area (Å²) in [5.74, 6) is -1.35. The van der Waals surface area contributed by atoms with Gasteiger partial charge in [0.25, 0.3) is 5.91 Å². The third-order valence-corrected chi connectivity index (χ3v) is 17.3. The maximum absolute atomic E-state index is 14.5. The smallest absolute Gasteiger partial charge is 0.254 e. The van der Waals surface area contributed by atoms with Crippen molar-refractivity contribution in [1.29, 1.82) is 5.26 Å². The Bertz CT molecular complexity index is 3050. The summed E-state index contributed by atoms with van der Waals surface area (Å²) < 4.78 is 52.4. The molecule has 0 radical (unpaired) electrons. The van der Waals surface area contributed by atoms with E-state index >= 15 is 0 Å². The van der Waals surface area contributed by atoms with E-state index in [1.807, 2.05) is 17.9 Å². The summed E-state index contributed by atoms with van der Waals surface area (Å²) in [5, 5.41) is 28.3. The van der Waals surface area contributed by atoms with Gasteiger partial charge in [-0.15, -0.1) is 11.8 Å². The third-order valence-electron chi connectivity index (χ3n) is 16.2. The molecule has 25 heteroatoms. The van der Waals surface area contributed by atoms with Gasteiger partial charge in [0.2, 0.25) is 17.7 Å². The van der Waals surface area contributed by atoms with E-state index in [0.29, 0.717) is 117 Å². The third kappa shape index (κ3) is 17.4. The predicted molar refractivity (Wildman–Crippen MR) is 323 cm³/mol. The second-order valence-electron chi connectivity index (χ2n) is 22.1. The number of thioether (sulfide) groups is 1. The number of anilines is 2. The van der Waals surface area contributed by atoms with Crippen molar-refractivity contribution in [2.75, 3.05) is 123 Å². The van der Waals surface area contributed by atoms with Gasteiger partial charge >= 0.3 is 0 Å². The average Bonchev–Trinajstić information content (AvgIpc) is 2.52. The number of Topliss-reactive ketones (excluding diaryl/α,β-unsaturated/α-hetero) is 1. The fourth-order valence-electron chi connectivity index (χ4n) is 11.2. The first-order valence-corrected chi connectivity index (χ1v) is 30.7. The average molecular weight is 1210 g/mol. The van der Waals surface area contributed by atoms with E-state index in [4.69, 9.17) is 34.8 Å². The lowest BCUT2D eigenvalue weighted by Gasteiger charge is -2.38. The number of benzene rings is 2. The molecule has 6 N–H and O–H groups in total. The van der Waals surface area contributed by atoms with Crippen LogP contribution in [0.4, 0.5) is 20.3 Å². The van der Waals surface area contributed by atoms with Gasteiger partial charge in [-0.2, -0.15) is 10.4 Å². The number of carbonyl (C=O) groups excluding carboxylic acids is 5. The van der Waals surface area contributed by atoms with Crippen LogP contribution in [0.3, 0.4) is 0 Å². The summed E-state index contributed by atoms with van der Waals surface area (Å²) in [5.41, 5.74) is 10.0. The second kappa shape index (κ2) is 32.2. The van der Waals surface area contributed by atoms with Crippen LogP contribution in [0.15, 0.2) is 59.7 Å². The number of carbonyl (C=O) groups is 5. The monoisotopic (exact) mass is 1210 g/mol. The van der Waals surface area contributed by atoms with E-state index in [0.717, 1.165) is 43.8 Å². The molecule has 4 aliphatic heterocycles. The number of ether oxygens (including phenoxy) is 4. The van der Waals surface area contributed by atoms with Crippen LogP contribution < -0.4 is 27.0 Å². The van der Waals surface area contributed by atoms with Crippen LogP contribution >= 0.6 is 11.8 Å². The Labute approximate surface area is 505 Å². The number of rotatable bonds is 26. The summed E-state index contributed by atoms with van der Waals surface area (Å²) in [4.78, 5) is 82.5. The van der Waals surface area contributed by atoms with Crippen LogP contribution in [0.2, 0.25) is 0 Å². The second-order valence-corrected chi connectivity index (χ2v) is 23.1. The Kier molecular flexibility index (Phi) is 24.3. The Morgan fingerprint density at radius 1 is 0.895 bits per heavy atom. The summed E-state index contributed by atoms with van der Waals surface area (Å²) in [6, 6.07) is 11.7. The first kappa shape index (κ1) is 65.1. The molecule has 464 valence electrons. The van der Waals surface area contributed by atoms with Gasteiger partial charge in [0.1, 0.15) is 41.3 Å². The molecule has 1 unspecified atom stereocenters. The molecule has 2 fully saturated rings. The van der Waals surface area contributed by atoms with Crippen molar-refractivity contribution in [3.8, 4) is 17.2 Å². The Balaban J connectivity index is 0.691. The molecule has 4 aromatic rings. The summed E-state index contributed by atoms with van der Waals surface area (Å²) in [6.07, 6.45) is 6.03. The number of hydrogen-bond acceptors (Lipinski definition) is 18. The molecule has 2 aromatic carbocycles. The van der Waals surface area contributed by atoms with Crippen LogP contribution in [-0.4, -0.2) is 200 Å². The van der Waals surface area contributed by atoms with Gasteiger partial charge < -0.3 is 60.6 Å². The number of halogens is 2. The Morgan fingerprint density at radius 3 is 2.30 bits per heavy atom. The lowest BCUT2D eigenvalue weighted by Crippen LogP contribution is -2.58. The van der Waals surface area contributed by atoms with Gasteiger partial charge in [0, 0.05) is 73.9 Å². The van der Waals surface area contributed by atoms with Gasteiger partial charge in [0.15, 0.2) is 5.78 Å². The minimum atomic E-state index is -0.703. The van der Waals surface area contributed by atoms with Crippen molar-refractivity contribution in [1.82, 2.24) is 45.4 Å². The van der Waals surface area contributed by atoms with E-state index in [1.54, 1.807) is 27.2 Å². The number of likely N-dealkylation sites (tertiary alicyclic amines) is 2. The molecule has 4 amide bonds. The van der Waals surface area contributed by atoms with Crippen LogP contribution in [0.5, 0.6) is 0 Å². The molecule has 86 heavy (non-hydrogen) atoms. The minimum absolute atomic E-state index is 0.0296. The van der Waals surface area contributed by atoms with E-state index in [2.05, 4.69) is 37.2 Å². The molecule has 6 heterocycles. The van der Waals surface area contributed by atoms with Crippen LogP contribution in [0.25, 0.3) is 11.1 Å². The number of nitrogens with two attached hydrogens (primary N) is 1. The van der Waals surface area contributed by atoms with Crippen molar-refractivity contribution in [2.45, 2.75) is 102 Å². The highest BCUT2D eigenvalue weighted by molar-refractivity contribution is 8.14. The zero-order valence-corrected chi connectivity index (χ0v) is 50.4. The number of pyridine rings is 1. The van der Waals surface area contributed by atoms with Crippen LogP contribution in [0.1, 0.15) is 102 Å². The van der Waals surface area contributed by atoms with E-state index in [1.165, 1.54) is 63.8 Å². The largest absolute Gasteiger partial charge is 0.382 e. The molecule has 5 atom stereocenters. The van der Waals surface area contributed by atoms with Crippen molar-refractivity contribution < 1.29 is 51.7 Å². The number of aliphatic imine (C=N–C) groups is 1. The quantitative estimate of drug-likeness (QED) is 0.0408. The topological polar surface area (TPSA) is 273 Å². The maximum atomic E-state index is 14.5. The molecule has 2 bridgehead atoms. The molecule has 2 aromatic heterocycles. The number of hydrogen-bond donors (Lipinski definition) is 5. The fraction of sp³-hybridized carbons (Fsp3) is 0.557. The summed E-state index contributed by atoms with van der Waals surface area (Å²) in [7, 11) is 3.35. The predicted octanol–water partition coefficient (Wildman–Crippen LogP) is 5.02. The first-order chi connectivity index (χ1) is 41.6. The standard InChI is InChI=1S/C61H81F2N13O9S/c1-39-7-5-18-67-48-33-43(36-69-57(48)65)54-49(37-73(4)60(80)46-14-13-45(63)34-47(39)46)72-76(52(54)35-64)23-19-68-53(77)17-25-82-27-29-84-31-32-85-30-28-83-26-24-74-21-15-41(16-22-74)55(71-58(79)40(2)66-3)61(81)75-20-6-8-51(75)59-70-50(38-86-59)56(78)42-9-11-44(62)12-10-42/h9-14,33-34,36,39-41,50-51,55,66-67H,5-8,15-32,37-38H2,1-4H3,(H2,65,69)(H,68,77)(H,71,79)/t39-,40-,50?,51-,55-/m1/s1. The van der Waals surface area contributed by atoms with Crippen LogP contribution in [0, 0.1) is 28.9 Å². The normalized spacial score (nSPS) is 19.3. The highest BCUT2D eigenvalue weighted by atomic mass is 32.2. The van der Waals surface area contributed by atoms with Gasteiger partial charge in [0.05, 0.1) is 94.5 Å². The number of nitrogen functional groups attached to an aromatic ring is 1. The fourth-order valence-corrected chi connectivity index (χ4v) is 12.4. The molecule has 0 saturated carbocycles. The highest BCUT2D eigenvalue weighted by Gasteiger charge is 2.43. The number of nitriles is 1. The zero-order valence-electron chi connectivity index (χ0n) is 49.6. The molecule has 22 nitrogen and oxygen atoms in total. The molecule has 0 aliphatic carbocycles. The van der Waals surface area contributed by atoms with Crippen molar-refractivity contribution >= 4 is 57.7 Å². The minimum Gasteiger partial charge on any atom is -0.382 e. The summed E-state index contributed by atoms with van der Waals surface area (Å²) in [6.45, 7) is 10.2. The number of aromatic nitrogens is 3. The lowest BCUT2D eigenvalue weighted by molar-refractivity contribution is -0.138. The molecule has 4 aliphatic rings. The SMILES string of the molecule is CN[C@H](C)C(=O)N[C@@H](C(=O)N1CCC[C@@H]1C1=NC(C(=O)c2ccc(F)cc2)CS1)C1CCN(CCOCCOCCOCCOCCC(=O)NCCn2nc3c(c2C#N)-c2cnc(N)c(c2)NCCC[C@@H](C)c2cc(F)ccc2C(=O)N(C)C3)CC1. The van der Waals surface area contributed by atoms with E-state index in [9.17, 15) is 38.0 Å². The number of amides is 4. The van der Waals surface area contributed by atoms with Crippen LogP contribution in [-0.2, 0) is 46.4 Å². The lowest BCUT2D eigenvalue weighted by atomic mass is 9.88. The zero-order chi connectivity index (χ0) is 61.1. The van der Waals surface area contributed by atoms with Gasteiger partial charge in [-0.1, -0.05) is 6.92 Å². The van der Waals surface area contributed by atoms with Crippen molar-refractivity contribution in [3.63, 3.8) is 0 Å². The number of likely N-dealkylation sites (N-methyl/N-ethyl adjacent to an activating group) is 1. The Hall–Kier alpha value is -6.92. The van der Waals surface area contributed by atoms with Crippen molar-refractivity contribution in [3.05, 3.63) is 94.4 Å². The van der Waals surface area contributed by atoms with E-state index in [-0.39, 0.29) is 98.1 Å². The molecule has 0 spiro atoms. The summed E-state index contributed by atoms with van der Waals surface area (Å²) >= 11 is 1.49. The number of piperidine rings is 1. The Morgan fingerprint density at radius 2 is 1.59 bits per heavy atom. The first-order valence-electron chi connectivity index (χ1n) is 29.8. The molecular weight excluding hydrogens is 1130 g/mol. The maximum Gasteiger partial charge on any atom is 0.254 e. The molecule has 8 rings (SSSR count). The highest BCUT2D eigenvalue weighted by Crippen LogP contribution is 2.35. The molecule has 2 saturated heterocycles. The number of ketones is 1. The van der Waals surface area contributed by atoms with Gasteiger partial charge in [-0.25, -0.2) is 13.8 Å². The number of nitrogens with one attached hydrogen (secondary N) is 4. The number of nitrogens with zero attached hydrogens (tertiary/aromatic N) is 8. The molecular formula is C61H81F2N13O9S. The van der Waals surface area contributed by atoms with E-state index < -0.39 is 29.8 Å². The number of fused-ring (bicyclic) bond motifs is 5. The van der Waals surface area contributed by atoms with Gasteiger partial charge in [-0.05, 0) is 132 Å².